The number of rotatable bonds is 6. The molecule has 6 rings (SSSR count). The van der Waals surface area contributed by atoms with Gasteiger partial charge in [0.05, 0.1) is 21.4 Å². The number of nitrogens with zero attached hydrogens (tertiary/aromatic N) is 3. The number of aromatic nitrogens is 1. The van der Waals surface area contributed by atoms with Gasteiger partial charge in [-0.3, -0.25) is 14.8 Å². The van der Waals surface area contributed by atoms with Crippen LogP contribution in [-0.2, 0) is 13.1 Å². The first-order valence-electron chi connectivity index (χ1n) is 13.1. The first-order chi connectivity index (χ1) is 19.4. The lowest BCUT2D eigenvalue weighted by Gasteiger charge is -2.34. The van der Waals surface area contributed by atoms with Crippen LogP contribution >= 0.6 is 34.8 Å². The van der Waals surface area contributed by atoms with E-state index in [2.05, 4.69) is 33.4 Å². The van der Waals surface area contributed by atoms with Crippen LogP contribution in [0.5, 0.6) is 0 Å². The molecule has 4 aromatic rings. The molecule has 40 heavy (non-hydrogen) atoms. The number of fused-ring (bicyclic) bond motifs is 1. The van der Waals surface area contributed by atoms with Crippen LogP contribution in [0.2, 0.25) is 15.1 Å². The van der Waals surface area contributed by atoms with Crippen LogP contribution in [-0.4, -0.2) is 40.7 Å². The Morgan fingerprint density at radius 1 is 0.925 bits per heavy atom. The topological polar surface area (TPSA) is 68.7 Å². The van der Waals surface area contributed by atoms with Crippen molar-refractivity contribution in [2.75, 3.05) is 24.6 Å². The Morgan fingerprint density at radius 3 is 2.42 bits per heavy atom. The Labute approximate surface area is 248 Å². The molecule has 1 saturated heterocycles. The highest BCUT2D eigenvalue weighted by molar-refractivity contribution is 6.40. The smallest absolute Gasteiger partial charge is 0.326 e. The number of urea groups is 1. The molecule has 0 radical (unpaired) electrons. The lowest BCUT2D eigenvalue weighted by Crippen LogP contribution is -2.42. The molecule has 0 saturated carbocycles. The molecule has 2 aliphatic heterocycles. The standard InChI is InChI=1S/C31H27Cl3N4O2/c32-26-7-2-1-6-22(26)23-11-20(25-17-37(16-21(25)18-39)15-19-5-4-10-35-13-19)12-29-24(23)14-36-31(40)38(29)30-27(33)8-3-9-28(30)34/h1-13,21,25,39H,14-18H2,(H,36,40)/t21-,25?/m1/s1. The number of aliphatic hydroxyl groups is 1. The summed E-state index contributed by atoms with van der Waals surface area (Å²) in [6.07, 6.45) is 3.64. The van der Waals surface area contributed by atoms with Crippen molar-refractivity contribution in [2.45, 2.75) is 19.0 Å². The lowest BCUT2D eigenvalue weighted by atomic mass is 9.85. The number of carbonyl (C=O) groups is 1. The number of nitrogens with one attached hydrogen (secondary N) is 1. The van der Waals surface area contributed by atoms with E-state index in [1.54, 1.807) is 29.3 Å². The number of amides is 2. The van der Waals surface area contributed by atoms with Gasteiger partial charge in [0, 0.05) is 73.2 Å². The number of pyridine rings is 1. The molecule has 0 aliphatic carbocycles. The van der Waals surface area contributed by atoms with E-state index in [4.69, 9.17) is 34.8 Å². The number of hydrogen-bond donors (Lipinski definition) is 2. The molecule has 2 atom stereocenters. The van der Waals surface area contributed by atoms with E-state index in [1.807, 2.05) is 36.5 Å². The Kier molecular flexibility index (Phi) is 7.71. The zero-order chi connectivity index (χ0) is 27.8. The quantitative estimate of drug-likeness (QED) is 0.247. The molecule has 2 amide bonds. The van der Waals surface area contributed by atoms with Crippen LogP contribution in [0.25, 0.3) is 11.1 Å². The predicted octanol–water partition coefficient (Wildman–Crippen LogP) is 7.28. The number of aliphatic hydroxyl groups excluding tert-OH is 1. The van der Waals surface area contributed by atoms with Gasteiger partial charge in [-0.25, -0.2) is 4.79 Å². The van der Waals surface area contributed by atoms with Gasteiger partial charge in [-0.15, -0.1) is 0 Å². The van der Waals surface area contributed by atoms with E-state index >= 15 is 0 Å². The summed E-state index contributed by atoms with van der Waals surface area (Å²) >= 11 is 19.9. The van der Waals surface area contributed by atoms with Gasteiger partial charge in [0.15, 0.2) is 0 Å². The van der Waals surface area contributed by atoms with Gasteiger partial charge >= 0.3 is 6.03 Å². The van der Waals surface area contributed by atoms with E-state index in [0.29, 0.717) is 33.0 Å². The van der Waals surface area contributed by atoms with Crippen molar-refractivity contribution in [2.24, 2.45) is 5.92 Å². The largest absolute Gasteiger partial charge is 0.396 e. The highest BCUT2D eigenvalue weighted by Crippen LogP contribution is 2.47. The molecule has 6 nitrogen and oxygen atoms in total. The second-order valence-electron chi connectivity index (χ2n) is 10.2. The molecule has 0 spiro atoms. The molecule has 1 aromatic heterocycles. The van der Waals surface area contributed by atoms with Crippen LogP contribution in [0.4, 0.5) is 16.2 Å². The summed E-state index contributed by atoms with van der Waals surface area (Å²) in [7, 11) is 0. The molecule has 204 valence electrons. The van der Waals surface area contributed by atoms with E-state index in [9.17, 15) is 9.90 Å². The number of anilines is 2. The Morgan fingerprint density at radius 2 is 1.70 bits per heavy atom. The Bertz CT molecular complexity index is 1550. The first kappa shape index (κ1) is 27.1. The van der Waals surface area contributed by atoms with Gasteiger partial charge in [0.2, 0.25) is 0 Å². The van der Waals surface area contributed by atoms with Crippen molar-refractivity contribution >= 4 is 52.2 Å². The molecule has 3 aromatic carbocycles. The summed E-state index contributed by atoms with van der Waals surface area (Å²) in [4.78, 5) is 21.6. The molecule has 1 unspecified atom stereocenters. The molecule has 9 heteroatoms. The third-order valence-electron chi connectivity index (χ3n) is 7.74. The van der Waals surface area contributed by atoms with Gasteiger partial charge in [0.25, 0.3) is 0 Å². The maximum atomic E-state index is 13.4. The van der Waals surface area contributed by atoms with E-state index in [1.165, 1.54) is 0 Å². The van der Waals surface area contributed by atoms with Crippen LogP contribution in [0, 0.1) is 5.92 Å². The first-order valence-corrected chi connectivity index (χ1v) is 14.2. The molecular weight excluding hydrogens is 567 g/mol. The van der Waals surface area contributed by atoms with Gasteiger partial charge in [0.1, 0.15) is 0 Å². The summed E-state index contributed by atoms with van der Waals surface area (Å²) in [6.45, 7) is 2.62. The second-order valence-corrected chi connectivity index (χ2v) is 11.4. The SMILES string of the molecule is O=C1NCc2c(-c3ccccc3Cl)cc(C3CN(Cc4cccnc4)C[C@@H]3CO)cc2N1c1c(Cl)cccc1Cl. The van der Waals surface area contributed by atoms with Crippen LogP contribution in [0.3, 0.4) is 0 Å². The van der Waals surface area contributed by atoms with Gasteiger partial charge in [-0.05, 0) is 47.0 Å². The number of benzene rings is 3. The van der Waals surface area contributed by atoms with E-state index < -0.39 is 0 Å². The zero-order valence-corrected chi connectivity index (χ0v) is 23.8. The Balaban J connectivity index is 1.50. The highest BCUT2D eigenvalue weighted by Gasteiger charge is 2.37. The van der Waals surface area contributed by atoms with Crippen LogP contribution in [0.1, 0.15) is 22.6 Å². The number of carbonyl (C=O) groups excluding carboxylic acids is 1. The second kappa shape index (κ2) is 11.4. The fourth-order valence-electron chi connectivity index (χ4n) is 5.88. The van der Waals surface area contributed by atoms with Crippen molar-refractivity contribution in [3.63, 3.8) is 0 Å². The fraction of sp³-hybridized carbons (Fsp3) is 0.226. The van der Waals surface area contributed by atoms with Gasteiger partial charge in [-0.2, -0.15) is 0 Å². The monoisotopic (exact) mass is 592 g/mol. The Hall–Kier alpha value is -3.13. The average Bonchev–Trinajstić information content (AvgIpc) is 3.37. The third kappa shape index (κ3) is 5.06. The maximum absolute atomic E-state index is 13.4. The molecule has 1 fully saturated rings. The van der Waals surface area contributed by atoms with Crippen LogP contribution in [0.15, 0.2) is 79.1 Å². The summed E-state index contributed by atoms with van der Waals surface area (Å²) in [5.41, 5.74) is 5.98. The lowest BCUT2D eigenvalue weighted by molar-refractivity contribution is 0.214. The summed E-state index contributed by atoms with van der Waals surface area (Å²) in [5.74, 6) is 0.0466. The summed E-state index contributed by atoms with van der Waals surface area (Å²) in [5, 5.41) is 14.8. The average molecular weight is 594 g/mol. The molecular formula is C31H27Cl3N4O2. The number of halogens is 3. The van der Waals surface area contributed by atoms with Crippen molar-refractivity contribution in [3.8, 4) is 11.1 Å². The molecule has 2 aliphatic rings. The van der Waals surface area contributed by atoms with E-state index in [0.717, 1.165) is 47.5 Å². The highest BCUT2D eigenvalue weighted by atomic mass is 35.5. The minimum absolute atomic E-state index is 0.0172. The maximum Gasteiger partial charge on any atom is 0.326 e. The fourth-order valence-corrected chi connectivity index (χ4v) is 6.68. The molecule has 2 N–H and O–H groups in total. The van der Waals surface area contributed by atoms with Gasteiger partial charge < -0.3 is 10.4 Å². The summed E-state index contributed by atoms with van der Waals surface area (Å²) in [6, 6.07) is 20.8. The van der Waals surface area contributed by atoms with Crippen molar-refractivity contribution in [1.82, 2.24) is 15.2 Å². The number of likely N-dealkylation sites (tertiary alicyclic amines) is 1. The number of para-hydroxylation sites is 1. The zero-order valence-electron chi connectivity index (χ0n) is 21.5. The van der Waals surface area contributed by atoms with Crippen molar-refractivity contribution in [3.05, 3.63) is 111 Å². The minimum Gasteiger partial charge on any atom is -0.396 e. The summed E-state index contributed by atoms with van der Waals surface area (Å²) < 4.78 is 0. The number of hydrogen-bond acceptors (Lipinski definition) is 4. The normalized spacial score (nSPS) is 19.0. The molecule has 0 bridgehead atoms. The minimum atomic E-state index is -0.312. The van der Waals surface area contributed by atoms with Crippen molar-refractivity contribution < 1.29 is 9.90 Å². The molecule has 3 heterocycles. The van der Waals surface area contributed by atoms with Gasteiger partial charge in [-0.1, -0.05) is 71.2 Å². The van der Waals surface area contributed by atoms with E-state index in [-0.39, 0.29) is 24.5 Å². The van der Waals surface area contributed by atoms with Crippen LogP contribution < -0.4 is 10.2 Å². The third-order valence-corrected chi connectivity index (χ3v) is 8.68. The van der Waals surface area contributed by atoms with Crippen molar-refractivity contribution in [1.29, 1.82) is 0 Å². The predicted molar refractivity (Wildman–Crippen MR) is 161 cm³/mol.